The SMILES string of the molecule is CC(C)COCCNC1CCCc2cccnc21. The molecule has 1 aliphatic rings. The molecular formula is C15H24N2O. The molecule has 1 atom stereocenters. The Kier molecular flexibility index (Phi) is 5.14. The highest BCUT2D eigenvalue weighted by Gasteiger charge is 2.20. The van der Waals surface area contributed by atoms with Crippen LogP contribution in [0.2, 0.25) is 0 Å². The fourth-order valence-electron chi connectivity index (χ4n) is 2.43. The lowest BCUT2D eigenvalue weighted by atomic mass is 9.92. The molecule has 1 N–H and O–H groups in total. The Balaban J connectivity index is 1.77. The topological polar surface area (TPSA) is 34.1 Å². The van der Waals surface area contributed by atoms with Crippen LogP contribution in [-0.2, 0) is 11.2 Å². The highest BCUT2D eigenvalue weighted by Crippen LogP contribution is 2.27. The smallest absolute Gasteiger partial charge is 0.0605 e. The van der Waals surface area contributed by atoms with Crippen molar-refractivity contribution < 1.29 is 4.74 Å². The van der Waals surface area contributed by atoms with Gasteiger partial charge >= 0.3 is 0 Å². The van der Waals surface area contributed by atoms with Gasteiger partial charge < -0.3 is 10.1 Å². The number of fused-ring (bicyclic) bond motifs is 1. The summed E-state index contributed by atoms with van der Waals surface area (Å²) in [6.45, 7) is 6.90. The summed E-state index contributed by atoms with van der Waals surface area (Å²) in [7, 11) is 0. The molecule has 3 heteroatoms. The number of rotatable bonds is 6. The fraction of sp³-hybridized carbons (Fsp3) is 0.667. The third kappa shape index (κ3) is 3.79. The third-order valence-electron chi connectivity index (χ3n) is 3.28. The third-order valence-corrected chi connectivity index (χ3v) is 3.28. The van der Waals surface area contributed by atoms with E-state index in [4.69, 9.17) is 4.74 Å². The van der Waals surface area contributed by atoms with E-state index in [2.05, 4.69) is 30.2 Å². The molecule has 0 bridgehead atoms. The summed E-state index contributed by atoms with van der Waals surface area (Å²) in [5.41, 5.74) is 2.65. The van der Waals surface area contributed by atoms with E-state index in [1.165, 1.54) is 30.5 Å². The summed E-state index contributed by atoms with van der Waals surface area (Å²) in [6, 6.07) is 4.65. The number of nitrogens with zero attached hydrogens (tertiary/aromatic N) is 1. The maximum Gasteiger partial charge on any atom is 0.0605 e. The average molecular weight is 248 g/mol. The zero-order valence-corrected chi connectivity index (χ0v) is 11.5. The molecule has 0 saturated carbocycles. The summed E-state index contributed by atoms with van der Waals surface area (Å²) >= 11 is 0. The predicted molar refractivity (Wildman–Crippen MR) is 73.6 cm³/mol. The zero-order chi connectivity index (χ0) is 12.8. The molecule has 1 aromatic heterocycles. The number of hydrogen-bond donors (Lipinski definition) is 1. The number of hydrogen-bond acceptors (Lipinski definition) is 3. The van der Waals surface area contributed by atoms with Gasteiger partial charge in [0.15, 0.2) is 0 Å². The normalized spacial score (nSPS) is 18.9. The van der Waals surface area contributed by atoms with Crippen LogP contribution in [0.25, 0.3) is 0 Å². The van der Waals surface area contributed by atoms with Gasteiger partial charge in [-0.15, -0.1) is 0 Å². The van der Waals surface area contributed by atoms with E-state index >= 15 is 0 Å². The van der Waals surface area contributed by atoms with Crippen LogP contribution in [0.5, 0.6) is 0 Å². The van der Waals surface area contributed by atoms with Crippen LogP contribution in [0.1, 0.15) is 44.0 Å². The van der Waals surface area contributed by atoms with E-state index in [-0.39, 0.29) is 0 Å². The Labute approximate surface area is 110 Å². The molecule has 0 amide bonds. The minimum atomic E-state index is 0.414. The highest BCUT2D eigenvalue weighted by molar-refractivity contribution is 5.25. The standard InChI is InChI=1S/C15H24N2O/c1-12(2)11-18-10-9-16-14-7-3-5-13-6-4-8-17-15(13)14/h4,6,8,12,14,16H,3,5,7,9-11H2,1-2H3. The molecular weight excluding hydrogens is 224 g/mol. The molecule has 1 aromatic rings. The molecule has 0 aliphatic heterocycles. The molecule has 1 unspecified atom stereocenters. The van der Waals surface area contributed by atoms with E-state index in [1.807, 2.05) is 12.3 Å². The predicted octanol–water partition coefficient (Wildman–Crippen LogP) is 2.72. The van der Waals surface area contributed by atoms with Crippen molar-refractivity contribution in [2.75, 3.05) is 19.8 Å². The molecule has 0 radical (unpaired) electrons. The molecule has 0 spiro atoms. The Morgan fingerprint density at radius 3 is 3.22 bits per heavy atom. The Morgan fingerprint density at radius 1 is 1.50 bits per heavy atom. The lowest BCUT2D eigenvalue weighted by Gasteiger charge is -2.25. The summed E-state index contributed by atoms with van der Waals surface area (Å²) in [5.74, 6) is 0.613. The molecule has 2 rings (SSSR count). The van der Waals surface area contributed by atoms with Gasteiger partial charge in [0.1, 0.15) is 0 Å². The van der Waals surface area contributed by atoms with Crippen LogP contribution in [0.15, 0.2) is 18.3 Å². The fourth-order valence-corrected chi connectivity index (χ4v) is 2.43. The largest absolute Gasteiger partial charge is 0.380 e. The van der Waals surface area contributed by atoms with Crippen LogP contribution in [0.4, 0.5) is 0 Å². The van der Waals surface area contributed by atoms with Gasteiger partial charge in [-0.25, -0.2) is 0 Å². The first-order chi connectivity index (χ1) is 8.77. The lowest BCUT2D eigenvalue weighted by Crippen LogP contribution is -2.29. The van der Waals surface area contributed by atoms with E-state index in [0.717, 1.165) is 19.8 Å². The van der Waals surface area contributed by atoms with Crippen LogP contribution in [-0.4, -0.2) is 24.7 Å². The Hall–Kier alpha value is -0.930. The van der Waals surface area contributed by atoms with Crippen LogP contribution >= 0.6 is 0 Å². The van der Waals surface area contributed by atoms with E-state index < -0.39 is 0 Å². The quantitative estimate of drug-likeness (QED) is 0.786. The Bertz CT molecular complexity index is 365. The van der Waals surface area contributed by atoms with Gasteiger partial charge in [0, 0.05) is 25.4 Å². The first kappa shape index (κ1) is 13.5. The average Bonchev–Trinajstić information content (AvgIpc) is 2.38. The second-order valence-electron chi connectivity index (χ2n) is 5.42. The van der Waals surface area contributed by atoms with Crippen molar-refractivity contribution in [1.82, 2.24) is 10.3 Å². The van der Waals surface area contributed by atoms with Crippen LogP contribution in [0, 0.1) is 5.92 Å². The minimum absolute atomic E-state index is 0.414. The first-order valence-corrected chi connectivity index (χ1v) is 7.02. The maximum absolute atomic E-state index is 5.59. The molecule has 0 saturated heterocycles. The molecule has 18 heavy (non-hydrogen) atoms. The van der Waals surface area contributed by atoms with Crippen molar-refractivity contribution >= 4 is 0 Å². The zero-order valence-electron chi connectivity index (χ0n) is 11.5. The number of aromatic nitrogens is 1. The van der Waals surface area contributed by atoms with Gasteiger partial charge in [-0.2, -0.15) is 0 Å². The molecule has 3 nitrogen and oxygen atoms in total. The Morgan fingerprint density at radius 2 is 2.39 bits per heavy atom. The number of aryl methyl sites for hydroxylation is 1. The summed E-state index contributed by atoms with van der Waals surface area (Å²) in [6.07, 6.45) is 5.51. The van der Waals surface area contributed by atoms with E-state index in [1.54, 1.807) is 0 Å². The minimum Gasteiger partial charge on any atom is -0.380 e. The number of ether oxygens (including phenoxy) is 1. The summed E-state index contributed by atoms with van der Waals surface area (Å²) in [4.78, 5) is 4.52. The lowest BCUT2D eigenvalue weighted by molar-refractivity contribution is 0.109. The van der Waals surface area contributed by atoms with Crippen molar-refractivity contribution in [3.63, 3.8) is 0 Å². The summed E-state index contributed by atoms with van der Waals surface area (Å²) < 4.78 is 5.59. The maximum atomic E-state index is 5.59. The van der Waals surface area contributed by atoms with Crippen molar-refractivity contribution in [2.24, 2.45) is 5.92 Å². The molecule has 1 heterocycles. The van der Waals surface area contributed by atoms with Gasteiger partial charge in [-0.3, -0.25) is 4.98 Å². The monoisotopic (exact) mass is 248 g/mol. The molecule has 0 aromatic carbocycles. The van der Waals surface area contributed by atoms with Gasteiger partial charge in [0.25, 0.3) is 0 Å². The van der Waals surface area contributed by atoms with Crippen molar-refractivity contribution in [2.45, 2.75) is 39.2 Å². The molecule has 100 valence electrons. The van der Waals surface area contributed by atoms with Gasteiger partial charge in [-0.1, -0.05) is 19.9 Å². The molecule has 1 aliphatic carbocycles. The van der Waals surface area contributed by atoms with Crippen LogP contribution < -0.4 is 5.32 Å². The second kappa shape index (κ2) is 6.86. The van der Waals surface area contributed by atoms with Crippen molar-refractivity contribution in [3.8, 4) is 0 Å². The highest BCUT2D eigenvalue weighted by atomic mass is 16.5. The first-order valence-electron chi connectivity index (χ1n) is 7.02. The van der Waals surface area contributed by atoms with Gasteiger partial charge in [-0.05, 0) is 36.8 Å². The van der Waals surface area contributed by atoms with Crippen molar-refractivity contribution in [3.05, 3.63) is 29.6 Å². The number of nitrogens with one attached hydrogen (secondary N) is 1. The molecule has 0 fully saturated rings. The van der Waals surface area contributed by atoms with Gasteiger partial charge in [0.2, 0.25) is 0 Å². The van der Waals surface area contributed by atoms with E-state index in [9.17, 15) is 0 Å². The van der Waals surface area contributed by atoms with Gasteiger partial charge in [0.05, 0.1) is 12.3 Å². The van der Waals surface area contributed by atoms with Crippen molar-refractivity contribution in [1.29, 1.82) is 0 Å². The summed E-state index contributed by atoms with van der Waals surface area (Å²) in [5, 5.41) is 3.56. The van der Waals surface area contributed by atoms with E-state index in [0.29, 0.717) is 12.0 Å². The second-order valence-corrected chi connectivity index (χ2v) is 5.42. The number of pyridine rings is 1. The van der Waals surface area contributed by atoms with Crippen LogP contribution in [0.3, 0.4) is 0 Å².